The normalized spacial score (nSPS) is 27.4. The van der Waals surface area contributed by atoms with E-state index < -0.39 is 5.54 Å². The number of nitrogens with zero attached hydrogens (tertiary/aromatic N) is 1. The van der Waals surface area contributed by atoms with Crippen molar-refractivity contribution in [1.82, 2.24) is 10.2 Å². The van der Waals surface area contributed by atoms with Crippen LogP contribution in [0.2, 0.25) is 0 Å². The fourth-order valence-corrected chi connectivity index (χ4v) is 3.15. The number of methoxy groups -OCH3 is 1. The average molecular weight is 284 g/mol. The third kappa shape index (κ3) is 4.74. The van der Waals surface area contributed by atoms with Gasteiger partial charge >= 0.3 is 5.97 Å². The number of nitrogens with one attached hydrogen (secondary N) is 1. The van der Waals surface area contributed by atoms with E-state index in [9.17, 15) is 4.79 Å². The summed E-state index contributed by atoms with van der Waals surface area (Å²) < 4.78 is 4.98. The first-order valence-corrected chi connectivity index (χ1v) is 7.88. The summed E-state index contributed by atoms with van der Waals surface area (Å²) in [6.07, 6.45) is 3.36. The van der Waals surface area contributed by atoms with Crippen LogP contribution >= 0.6 is 0 Å². The van der Waals surface area contributed by atoms with Crippen molar-refractivity contribution in [1.29, 1.82) is 0 Å². The first kappa shape index (κ1) is 17.4. The maximum Gasteiger partial charge on any atom is 0.325 e. The van der Waals surface area contributed by atoms with E-state index in [0.29, 0.717) is 6.04 Å². The molecule has 1 fully saturated rings. The van der Waals surface area contributed by atoms with Gasteiger partial charge in [-0.2, -0.15) is 0 Å². The predicted molar refractivity (Wildman–Crippen MR) is 82.7 cm³/mol. The number of esters is 1. The van der Waals surface area contributed by atoms with Gasteiger partial charge in [0, 0.05) is 25.2 Å². The minimum Gasteiger partial charge on any atom is -0.468 e. The summed E-state index contributed by atoms with van der Waals surface area (Å²) in [6.45, 7) is 12.8. The second-order valence-electron chi connectivity index (χ2n) is 6.90. The van der Waals surface area contributed by atoms with Crippen LogP contribution in [0.3, 0.4) is 0 Å². The first-order valence-electron chi connectivity index (χ1n) is 7.88. The Morgan fingerprint density at radius 3 is 2.60 bits per heavy atom. The molecule has 0 aromatic heterocycles. The van der Waals surface area contributed by atoms with Crippen LogP contribution in [0.15, 0.2) is 0 Å². The van der Waals surface area contributed by atoms with Crippen LogP contribution < -0.4 is 5.32 Å². The van der Waals surface area contributed by atoms with E-state index in [-0.39, 0.29) is 12.0 Å². The van der Waals surface area contributed by atoms with Crippen molar-refractivity contribution in [2.45, 2.75) is 71.5 Å². The van der Waals surface area contributed by atoms with Gasteiger partial charge < -0.3 is 9.64 Å². The van der Waals surface area contributed by atoms with Crippen molar-refractivity contribution in [2.75, 3.05) is 20.2 Å². The van der Waals surface area contributed by atoms with E-state index in [1.807, 2.05) is 6.92 Å². The van der Waals surface area contributed by atoms with E-state index in [2.05, 4.69) is 37.9 Å². The highest BCUT2D eigenvalue weighted by molar-refractivity contribution is 5.80. The number of carbonyl (C=O) groups is 1. The summed E-state index contributed by atoms with van der Waals surface area (Å²) in [7, 11) is 1.47. The average Bonchev–Trinajstić information content (AvgIpc) is 2.38. The Morgan fingerprint density at radius 2 is 2.05 bits per heavy atom. The van der Waals surface area contributed by atoms with Crippen molar-refractivity contribution in [3.8, 4) is 0 Å². The molecule has 0 aromatic carbocycles. The molecular weight excluding hydrogens is 252 g/mol. The molecule has 1 rings (SSSR count). The summed E-state index contributed by atoms with van der Waals surface area (Å²) >= 11 is 0. The molecule has 3 unspecified atom stereocenters. The highest BCUT2D eigenvalue weighted by atomic mass is 16.5. The molecule has 4 nitrogen and oxygen atoms in total. The number of carbonyl (C=O) groups excluding carboxylic acids is 1. The van der Waals surface area contributed by atoms with Crippen molar-refractivity contribution in [2.24, 2.45) is 5.92 Å². The molecule has 0 saturated carbocycles. The van der Waals surface area contributed by atoms with Gasteiger partial charge in [-0.15, -0.1) is 0 Å². The van der Waals surface area contributed by atoms with E-state index in [0.717, 1.165) is 25.4 Å². The molecule has 0 aliphatic carbocycles. The van der Waals surface area contributed by atoms with Crippen LogP contribution in [0.25, 0.3) is 0 Å². The third-order valence-corrected chi connectivity index (χ3v) is 4.39. The SMILES string of the molecule is COC(=O)C(C)(CCN1CC(C)CCC1C)NC(C)C. The lowest BCUT2D eigenvalue weighted by atomic mass is 9.92. The van der Waals surface area contributed by atoms with E-state index in [4.69, 9.17) is 4.74 Å². The van der Waals surface area contributed by atoms with Crippen LogP contribution in [-0.4, -0.2) is 48.7 Å². The second kappa shape index (κ2) is 7.41. The number of hydrogen-bond acceptors (Lipinski definition) is 4. The van der Waals surface area contributed by atoms with Gasteiger partial charge in [0.05, 0.1) is 7.11 Å². The highest BCUT2D eigenvalue weighted by Gasteiger charge is 2.36. The number of ether oxygens (including phenoxy) is 1. The zero-order chi connectivity index (χ0) is 15.3. The molecule has 1 aliphatic heterocycles. The molecule has 4 heteroatoms. The summed E-state index contributed by atoms with van der Waals surface area (Å²) in [5, 5.41) is 3.37. The molecule has 1 heterocycles. The Morgan fingerprint density at radius 1 is 1.40 bits per heavy atom. The molecule has 0 aromatic rings. The predicted octanol–water partition coefficient (Wildman–Crippen LogP) is 2.43. The summed E-state index contributed by atoms with van der Waals surface area (Å²) in [6, 6.07) is 0.879. The van der Waals surface area contributed by atoms with Crippen molar-refractivity contribution in [3.05, 3.63) is 0 Å². The second-order valence-corrected chi connectivity index (χ2v) is 6.90. The van der Waals surface area contributed by atoms with Gasteiger partial charge in [0.25, 0.3) is 0 Å². The van der Waals surface area contributed by atoms with Gasteiger partial charge in [-0.1, -0.05) is 6.92 Å². The van der Waals surface area contributed by atoms with Crippen LogP contribution in [0, 0.1) is 5.92 Å². The Labute approximate surface area is 124 Å². The smallest absolute Gasteiger partial charge is 0.325 e. The van der Waals surface area contributed by atoms with Crippen LogP contribution in [0.1, 0.15) is 53.9 Å². The molecule has 0 radical (unpaired) electrons. The molecule has 118 valence electrons. The quantitative estimate of drug-likeness (QED) is 0.761. The van der Waals surface area contributed by atoms with Crippen LogP contribution in [0.4, 0.5) is 0 Å². The lowest BCUT2D eigenvalue weighted by Crippen LogP contribution is -2.55. The molecule has 1 saturated heterocycles. The number of hydrogen-bond donors (Lipinski definition) is 1. The number of piperidine rings is 1. The van der Waals surface area contributed by atoms with Gasteiger partial charge in [0.15, 0.2) is 0 Å². The summed E-state index contributed by atoms with van der Waals surface area (Å²) in [4.78, 5) is 14.6. The molecular formula is C16H32N2O2. The van der Waals surface area contributed by atoms with Gasteiger partial charge in [0.2, 0.25) is 0 Å². The van der Waals surface area contributed by atoms with Crippen molar-refractivity contribution >= 4 is 5.97 Å². The lowest BCUT2D eigenvalue weighted by Gasteiger charge is -2.39. The van der Waals surface area contributed by atoms with Gasteiger partial charge in [-0.25, -0.2) is 0 Å². The van der Waals surface area contributed by atoms with Gasteiger partial charge in [-0.05, 0) is 52.9 Å². The Balaban J connectivity index is 2.63. The number of likely N-dealkylation sites (tertiary alicyclic amines) is 1. The van der Waals surface area contributed by atoms with E-state index in [1.165, 1.54) is 20.0 Å². The summed E-state index contributed by atoms with van der Waals surface area (Å²) in [5.41, 5.74) is -0.594. The number of rotatable bonds is 6. The van der Waals surface area contributed by atoms with E-state index in [1.54, 1.807) is 0 Å². The molecule has 0 amide bonds. The minimum atomic E-state index is -0.594. The molecule has 0 bridgehead atoms. The first-order chi connectivity index (χ1) is 9.28. The molecule has 1 aliphatic rings. The fourth-order valence-electron chi connectivity index (χ4n) is 3.15. The maximum absolute atomic E-state index is 12.1. The Kier molecular flexibility index (Phi) is 6.46. The Hall–Kier alpha value is -0.610. The Bertz CT molecular complexity index is 320. The lowest BCUT2D eigenvalue weighted by molar-refractivity contribution is -0.148. The minimum absolute atomic E-state index is 0.163. The molecule has 20 heavy (non-hydrogen) atoms. The monoisotopic (exact) mass is 284 g/mol. The topological polar surface area (TPSA) is 41.6 Å². The van der Waals surface area contributed by atoms with Gasteiger partial charge in [0.1, 0.15) is 5.54 Å². The molecule has 0 spiro atoms. The maximum atomic E-state index is 12.1. The largest absolute Gasteiger partial charge is 0.468 e. The van der Waals surface area contributed by atoms with E-state index >= 15 is 0 Å². The van der Waals surface area contributed by atoms with Crippen LogP contribution in [-0.2, 0) is 9.53 Å². The zero-order valence-corrected chi connectivity index (χ0v) is 14.0. The standard InChI is InChI=1S/C16H32N2O2/c1-12(2)17-16(5,15(19)20-6)9-10-18-11-13(3)7-8-14(18)4/h12-14,17H,7-11H2,1-6H3. The zero-order valence-electron chi connectivity index (χ0n) is 14.0. The molecule has 3 atom stereocenters. The highest BCUT2D eigenvalue weighted by Crippen LogP contribution is 2.23. The van der Waals surface area contributed by atoms with Crippen LogP contribution in [0.5, 0.6) is 0 Å². The van der Waals surface area contributed by atoms with Crippen molar-refractivity contribution in [3.63, 3.8) is 0 Å². The van der Waals surface area contributed by atoms with Crippen molar-refractivity contribution < 1.29 is 9.53 Å². The fraction of sp³-hybridized carbons (Fsp3) is 0.938. The molecule has 1 N–H and O–H groups in total. The van der Waals surface area contributed by atoms with Gasteiger partial charge in [-0.3, -0.25) is 10.1 Å². The summed E-state index contributed by atoms with van der Waals surface area (Å²) in [5.74, 6) is 0.595. The third-order valence-electron chi connectivity index (χ3n) is 4.39.